The van der Waals surface area contributed by atoms with Crippen LogP contribution in [0.4, 0.5) is 0 Å². The Bertz CT molecular complexity index is 452. The molecule has 0 radical (unpaired) electrons. The van der Waals surface area contributed by atoms with E-state index < -0.39 is 5.54 Å². The molecule has 4 nitrogen and oxygen atoms in total. The average Bonchev–Trinajstić information content (AvgIpc) is 2.91. The largest absolute Gasteiger partial charge is 0.340 e. The van der Waals surface area contributed by atoms with E-state index in [0.717, 1.165) is 29.5 Å². The van der Waals surface area contributed by atoms with E-state index in [1.54, 1.807) is 11.8 Å². The molecule has 1 aromatic carbocycles. The van der Waals surface area contributed by atoms with Gasteiger partial charge < -0.3 is 16.0 Å². The van der Waals surface area contributed by atoms with E-state index in [1.807, 2.05) is 31.3 Å². The molecule has 0 bridgehead atoms. The van der Waals surface area contributed by atoms with Crippen LogP contribution in [0.5, 0.6) is 0 Å². The van der Waals surface area contributed by atoms with Gasteiger partial charge in [0, 0.05) is 24.1 Å². The number of amides is 1. The summed E-state index contributed by atoms with van der Waals surface area (Å²) in [7, 11) is 1.84. The smallest absolute Gasteiger partial charge is 0.247 e. The van der Waals surface area contributed by atoms with E-state index in [1.165, 1.54) is 0 Å². The molecule has 2 rings (SSSR count). The minimum atomic E-state index is -0.988. The van der Waals surface area contributed by atoms with E-state index in [9.17, 15) is 4.79 Å². The Labute approximate surface area is 122 Å². The van der Waals surface area contributed by atoms with Crippen LogP contribution in [0, 0.1) is 0 Å². The van der Waals surface area contributed by atoms with Crippen molar-refractivity contribution in [1.82, 2.24) is 10.2 Å². The first-order valence-electron chi connectivity index (χ1n) is 6.46. The molecule has 2 unspecified atom stereocenters. The fraction of sp³-hybridized carbons (Fsp3) is 0.500. The zero-order valence-corrected chi connectivity index (χ0v) is 12.9. The molecule has 104 valence electrons. The van der Waals surface area contributed by atoms with Crippen molar-refractivity contribution in [2.45, 2.75) is 24.9 Å². The summed E-state index contributed by atoms with van der Waals surface area (Å²) in [6.45, 7) is 3.58. The molecule has 2 atom stereocenters. The van der Waals surface area contributed by atoms with Crippen LogP contribution >= 0.6 is 15.9 Å². The molecule has 1 saturated heterocycles. The Hall–Kier alpha value is -0.910. The number of carbonyl (C=O) groups excluding carboxylic acids is 1. The van der Waals surface area contributed by atoms with Gasteiger partial charge in [0.2, 0.25) is 5.91 Å². The third-order valence-electron chi connectivity index (χ3n) is 3.79. The van der Waals surface area contributed by atoms with Crippen molar-refractivity contribution < 1.29 is 4.79 Å². The molecule has 19 heavy (non-hydrogen) atoms. The van der Waals surface area contributed by atoms with Crippen LogP contribution in [0.25, 0.3) is 0 Å². The molecule has 1 fully saturated rings. The first kappa shape index (κ1) is 14.5. The zero-order valence-electron chi connectivity index (χ0n) is 11.3. The molecule has 0 saturated carbocycles. The van der Waals surface area contributed by atoms with Gasteiger partial charge in [-0.25, -0.2) is 0 Å². The zero-order chi connectivity index (χ0) is 14.0. The fourth-order valence-corrected chi connectivity index (χ4v) is 2.69. The van der Waals surface area contributed by atoms with Gasteiger partial charge in [0.05, 0.1) is 0 Å². The molecular formula is C14H20BrN3O. The average molecular weight is 326 g/mol. The van der Waals surface area contributed by atoms with Crippen molar-refractivity contribution in [2.24, 2.45) is 5.73 Å². The number of likely N-dealkylation sites (N-methyl/N-ethyl adjacent to an activating group) is 1. The monoisotopic (exact) mass is 325 g/mol. The molecule has 5 heteroatoms. The maximum absolute atomic E-state index is 12.6. The standard InChI is InChI=1S/C14H20BrN3O/c1-14(16,10-3-5-11(15)6-4-10)13(19)18(2)12-7-8-17-9-12/h3-6,12,17H,7-9,16H2,1-2H3. The van der Waals surface area contributed by atoms with E-state index in [2.05, 4.69) is 21.2 Å². The number of carbonyl (C=O) groups is 1. The Balaban J connectivity index is 2.18. The Morgan fingerprint density at radius 2 is 2.11 bits per heavy atom. The van der Waals surface area contributed by atoms with Crippen molar-refractivity contribution in [3.8, 4) is 0 Å². The molecule has 0 spiro atoms. The molecule has 1 heterocycles. The van der Waals surface area contributed by atoms with E-state index in [-0.39, 0.29) is 11.9 Å². The molecule has 1 amide bonds. The van der Waals surface area contributed by atoms with E-state index in [4.69, 9.17) is 5.73 Å². The Kier molecular flexibility index (Phi) is 4.28. The maximum atomic E-state index is 12.6. The number of rotatable bonds is 3. The van der Waals surface area contributed by atoms with Gasteiger partial charge in [0.1, 0.15) is 5.54 Å². The number of hydrogen-bond donors (Lipinski definition) is 2. The molecule has 0 aliphatic carbocycles. The van der Waals surface area contributed by atoms with E-state index in [0.29, 0.717) is 0 Å². The molecule has 3 N–H and O–H groups in total. The number of benzene rings is 1. The van der Waals surface area contributed by atoms with Crippen molar-refractivity contribution in [2.75, 3.05) is 20.1 Å². The van der Waals surface area contributed by atoms with Crippen molar-refractivity contribution in [3.05, 3.63) is 34.3 Å². The molecular weight excluding hydrogens is 306 g/mol. The lowest BCUT2D eigenvalue weighted by Gasteiger charge is -2.33. The summed E-state index contributed by atoms with van der Waals surface area (Å²) >= 11 is 3.39. The van der Waals surface area contributed by atoms with Gasteiger partial charge in [-0.1, -0.05) is 28.1 Å². The first-order chi connectivity index (χ1) is 8.93. The normalized spacial score (nSPS) is 22.0. The van der Waals surface area contributed by atoms with Crippen LogP contribution < -0.4 is 11.1 Å². The van der Waals surface area contributed by atoms with Crippen LogP contribution in [-0.4, -0.2) is 37.0 Å². The number of halogens is 1. The molecule has 1 aliphatic heterocycles. The fourth-order valence-electron chi connectivity index (χ4n) is 2.42. The number of hydrogen-bond acceptors (Lipinski definition) is 3. The predicted octanol–water partition coefficient (Wildman–Crippen LogP) is 1.44. The lowest BCUT2D eigenvalue weighted by atomic mass is 9.91. The number of nitrogens with two attached hydrogens (primary N) is 1. The summed E-state index contributed by atoms with van der Waals surface area (Å²) in [4.78, 5) is 14.4. The van der Waals surface area contributed by atoms with Gasteiger partial charge in [0.25, 0.3) is 0 Å². The highest BCUT2D eigenvalue weighted by Gasteiger charge is 2.36. The predicted molar refractivity (Wildman–Crippen MR) is 79.7 cm³/mol. The second-order valence-electron chi connectivity index (χ2n) is 5.27. The summed E-state index contributed by atoms with van der Waals surface area (Å²) in [5.74, 6) is -0.0384. The first-order valence-corrected chi connectivity index (χ1v) is 7.25. The van der Waals surface area contributed by atoms with Gasteiger partial charge in [-0.2, -0.15) is 0 Å². The van der Waals surface area contributed by atoms with Gasteiger partial charge in [-0.3, -0.25) is 4.79 Å². The summed E-state index contributed by atoms with van der Waals surface area (Å²) in [5.41, 5.74) is 6.12. The summed E-state index contributed by atoms with van der Waals surface area (Å²) in [6, 6.07) is 7.84. The van der Waals surface area contributed by atoms with Crippen LogP contribution in [0.1, 0.15) is 18.9 Å². The van der Waals surface area contributed by atoms with Crippen LogP contribution in [-0.2, 0) is 10.3 Å². The number of nitrogens with one attached hydrogen (secondary N) is 1. The SMILES string of the molecule is CN(C(=O)C(C)(N)c1ccc(Br)cc1)C1CCNC1. The number of nitrogens with zero attached hydrogens (tertiary/aromatic N) is 1. The van der Waals surface area contributed by atoms with Crippen molar-refractivity contribution in [3.63, 3.8) is 0 Å². The highest BCUT2D eigenvalue weighted by atomic mass is 79.9. The lowest BCUT2D eigenvalue weighted by molar-refractivity contribution is -0.137. The molecule has 0 aromatic heterocycles. The van der Waals surface area contributed by atoms with Crippen LogP contribution in [0.2, 0.25) is 0 Å². The topological polar surface area (TPSA) is 58.4 Å². The minimum Gasteiger partial charge on any atom is -0.340 e. The summed E-state index contributed by atoms with van der Waals surface area (Å²) < 4.78 is 0.979. The van der Waals surface area contributed by atoms with Crippen LogP contribution in [0.15, 0.2) is 28.7 Å². The third kappa shape index (κ3) is 2.99. The highest BCUT2D eigenvalue weighted by Crippen LogP contribution is 2.23. The summed E-state index contributed by atoms with van der Waals surface area (Å²) in [5, 5.41) is 3.27. The third-order valence-corrected chi connectivity index (χ3v) is 4.32. The van der Waals surface area contributed by atoms with Crippen molar-refractivity contribution >= 4 is 21.8 Å². The van der Waals surface area contributed by atoms with E-state index >= 15 is 0 Å². The second kappa shape index (κ2) is 5.61. The Morgan fingerprint density at radius 3 is 2.63 bits per heavy atom. The second-order valence-corrected chi connectivity index (χ2v) is 6.19. The minimum absolute atomic E-state index is 0.0384. The lowest BCUT2D eigenvalue weighted by Crippen LogP contribution is -2.53. The molecule has 1 aliphatic rings. The maximum Gasteiger partial charge on any atom is 0.247 e. The highest BCUT2D eigenvalue weighted by molar-refractivity contribution is 9.10. The summed E-state index contributed by atoms with van der Waals surface area (Å²) in [6.07, 6.45) is 0.985. The van der Waals surface area contributed by atoms with Crippen LogP contribution in [0.3, 0.4) is 0 Å². The van der Waals surface area contributed by atoms with Gasteiger partial charge in [-0.15, -0.1) is 0 Å². The van der Waals surface area contributed by atoms with Gasteiger partial charge in [-0.05, 0) is 37.6 Å². The van der Waals surface area contributed by atoms with Gasteiger partial charge in [0.15, 0.2) is 0 Å². The Morgan fingerprint density at radius 1 is 1.47 bits per heavy atom. The van der Waals surface area contributed by atoms with Crippen molar-refractivity contribution in [1.29, 1.82) is 0 Å². The van der Waals surface area contributed by atoms with Gasteiger partial charge >= 0.3 is 0 Å². The molecule has 1 aromatic rings. The quantitative estimate of drug-likeness (QED) is 0.884.